The fourth-order valence-corrected chi connectivity index (χ4v) is 3.14. The van der Waals surface area contributed by atoms with Crippen molar-refractivity contribution in [3.63, 3.8) is 0 Å². The molecule has 1 saturated heterocycles. The summed E-state index contributed by atoms with van der Waals surface area (Å²) in [5.41, 5.74) is 9.23. The molecule has 27 heavy (non-hydrogen) atoms. The van der Waals surface area contributed by atoms with Crippen LogP contribution in [-0.2, 0) is 4.79 Å². The minimum Gasteiger partial charge on any atom is -0.478 e. The van der Waals surface area contributed by atoms with E-state index in [0.717, 1.165) is 30.9 Å². The van der Waals surface area contributed by atoms with Crippen molar-refractivity contribution in [2.24, 2.45) is 11.7 Å². The highest BCUT2D eigenvalue weighted by molar-refractivity contribution is 5.77. The molecule has 0 saturated carbocycles. The summed E-state index contributed by atoms with van der Waals surface area (Å²) in [5.74, 6) is 2.13. The SMILES string of the molecule is CNC(=O)COc1cnc(-c2ccc(C)c(C)c2)nc1N1CCC(CN)C1. The molecule has 3 rings (SSSR count). The molecule has 1 aromatic heterocycles. The standard InChI is InChI=1S/C20H27N5O2/c1-13-4-5-16(8-14(13)2)19-23-10-17(27-12-18(26)22-3)20(24-19)25-7-6-15(9-21)11-25/h4-5,8,10,15H,6-7,9,11-12,21H2,1-3H3,(H,22,26). The van der Waals surface area contributed by atoms with E-state index in [1.54, 1.807) is 13.2 Å². The van der Waals surface area contributed by atoms with E-state index in [-0.39, 0.29) is 12.5 Å². The van der Waals surface area contributed by atoms with E-state index in [4.69, 9.17) is 15.5 Å². The number of aromatic nitrogens is 2. The summed E-state index contributed by atoms with van der Waals surface area (Å²) >= 11 is 0. The van der Waals surface area contributed by atoms with Gasteiger partial charge in [0, 0.05) is 25.7 Å². The second kappa shape index (κ2) is 8.35. The van der Waals surface area contributed by atoms with Crippen molar-refractivity contribution >= 4 is 11.7 Å². The highest BCUT2D eigenvalue weighted by atomic mass is 16.5. The molecule has 0 bridgehead atoms. The zero-order valence-corrected chi connectivity index (χ0v) is 16.2. The lowest BCUT2D eigenvalue weighted by atomic mass is 10.1. The van der Waals surface area contributed by atoms with E-state index < -0.39 is 0 Å². The number of aryl methyl sites for hydroxylation is 2. The maximum absolute atomic E-state index is 11.6. The van der Waals surface area contributed by atoms with Crippen LogP contribution in [0.4, 0.5) is 5.82 Å². The van der Waals surface area contributed by atoms with Gasteiger partial charge in [-0.15, -0.1) is 0 Å². The van der Waals surface area contributed by atoms with Crippen LogP contribution in [0, 0.1) is 19.8 Å². The molecule has 2 heterocycles. The summed E-state index contributed by atoms with van der Waals surface area (Å²) in [6, 6.07) is 6.19. The molecule has 3 N–H and O–H groups in total. The van der Waals surface area contributed by atoms with Gasteiger partial charge in [-0.05, 0) is 49.9 Å². The number of nitrogens with one attached hydrogen (secondary N) is 1. The first-order valence-electron chi connectivity index (χ1n) is 9.25. The van der Waals surface area contributed by atoms with Gasteiger partial charge in [0.2, 0.25) is 0 Å². The Kier molecular flexibility index (Phi) is 5.91. The van der Waals surface area contributed by atoms with E-state index in [2.05, 4.69) is 41.2 Å². The van der Waals surface area contributed by atoms with Crippen molar-refractivity contribution in [3.05, 3.63) is 35.5 Å². The number of nitrogens with zero attached hydrogens (tertiary/aromatic N) is 3. The van der Waals surface area contributed by atoms with Gasteiger partial charge in [-0.1, -0.05) is 12.1 Å². The number of carbonyl (C=O) groups is 1. The van der Waals surface area contributed by atoms with Gasteiger partial charge in [0.1, 0.15) is 0 Å². The Morgan fingerprint density at radius 3 is 2.85 bits per heavy atom. The molecule has 144 valence electrons. The maximum Gasteiger partial charge on any atom is 0.257 e. The molecule has 1 amide bonds. The van der Waals surface area contributed by atoms with Gasteiger partial charge in [-0.25, -0.2) is 9.97 Å². The average Bonchev–Trinajstić information content (AvgIpc) is 3.17. The molecule has 1 atom stereocenters. The summed E-state index contributed by atoms with van der Waals surface area (Å²) in [7, 11) is 1.58. The van der Waals surface area contributed by atoms with Crippen molar-refractivity contribution in [2.75, 3.05) is 38.2 Å². The maximum atomic E-state index is 11.6. The predicted octanol–water partition coefficient (Wildman–Crippen LogP) is 1.67. The molecule has 0 spiro atoms. The minimum atomic E-state index is -0.194. The van der Waals surface area contributed by atoms with Gasteiger partial charge < -0.3 is 20.7 Å². The number of nitrogens with two attached hydrogens (primary N) is 1. The van der Waals surface area contributed by atoms with Gasteiger partial charge in [-0.3, -0.25) is 4.79 Å². The molecule has 1 unspecified atom stereocenters. The van der Waals surface area contributed by atoms with Crippen molar-refractivity contribution in [2.45, 2.75) is 20.3 Å². The van der Waals surface area contributed by atoms with E-state index in [1.807, 2.05) is 6.07 Å². The fraction of sp³-hybridized carbons (Fsp3) is 0.450. The molecule has 0 radical (unpaired) electrons. The lowest BCUT2D eigenvalue weighted by Crippen LogP contribution is -2.27. The Morgan fingerprint density at radius 2 is 2.19 bits per heavy atom. The van der Waals surface area contributed by atoms with Crippen molar-refractivity contribution < 1.29 is 9.53 Å². The third-order valence-electron chi connectivity index (χ3n) is 5.06. The van der Waals surface area contributed by atoms with E-state index in [1.165, 1.54) is 11.1 Å². The van der Waals surface area contributed by atoms with Crippen LogP contribution in [0.25, 0.3) is 11.4 Å². The molecule has 2 aromatic rings. The highest BCUT2D eigenvalue weighted by Gasteiger charge is 2.26. The van der Waals surface area contributed by atoms with Gasteiger partial charge >= 0.3 is 0 Å². The first-order valence-corrected chi connectivity index (χ1v) is 9.25. The van der Waals surface area contributed by atoms with Crippen molar-refractivity contribution in [1.29, 1.82) is 0 Å². The van der Waals surface area contributed by atoms with Gasteiger partial charge in [0.25, 0.3) is 5.91 Å². The summed E-state index contributed by atoms with van der Waals surface area (Å²) in [6.07, 6.45) is 2.68. The van der Waals surface area contributed by atoms with Crippen molar-refractivity contribution in [3.8, 4) is 17.1 Å². The van der Waals surface area contributed by atoms with Crippen LogP contribution in [0.1, 0.15) is 17.5 Å². The first kappa shape index (κ1) is 19.1. The Balaban J connectivity index is 1.94. The second-order valence-electron chi connectivity index (χ2n) is 6.98. The number of anilines is 1. The zero-order chi connectivity index (χ0) is 19.4. The van der Waals surface area contributed by atoms with Gasteiger partial charge in [-0.2, -0.15) is 0 Å². The number of amides is 1. The zero-order valence-electron chi connectivity index (χ0n) is 16.2. The number of ether oxygens (including phenoxy) is 1. The lowest BCUT2D eigenvalue weighted by Gasteiger charge is -2.21. The van der Waals surface area contributed by atoms with E-state index >= 15 is 0 Å². The Bertz CT molecular complexity index is 824. The normalized spacial score (nSPS) is 16.4. The number of hydrogen-bond acceptors (Lipinski definition) is 6. The summed E-state index contributed by atoms with van der Waals surface area (Å²) in [6.45, 7) is 6.44. The molecule has 1 aliphatic rings. The molecular formula is C20H27N5O2. The van der Waals surface area contributed by atoms with Crippen LogP contribution in [0.3, 0.4) is 0 Å². The fourth-order valence-electron chi connectivity index (χ4n) is 3.14. The van der Waals surface area contributed by atoms with Crippen LogP contribution in [0.2, 0.25) is 0 Å². The van der Waals surface area contributed by atoms with Crippen molar-refractivity contribution in [1.82, 2.24) is 15.3 Å². The first-order chi connectivity index (χ1) is 13.0. The van der Waals surface area contributed by atoms with Gasteiger partial charge in [0.05, 0.1) is 6.20 Å². The largest absolute Gasteiger partial charge is 0.478 e. The quantitative estimate of drug-likeness (QED) is 0.805. The molecule has 7 nitrogen and oxygen atoms in total. The van der Waals surface area contributed by atoms with Crippen LogP contribution < -0.4 is 20.7 Å². The molecule has 7 heteroatoms. The van der Waals surface area contributed by atoms with Crippen LogP contribution in [0.5, 0.6) is 5.75 Å². The Labute approximate surface area is 159 Å². The van der Waals surface area contributed by atoms with Crippen LogP contribution >= 0.6 is 0 Å². The topological polar surface area (TPSA) is 93.4 Å². The van der Waals surface area contributed by atoms with Crippen LogP contribution in [0.15, 0.2) is 24.4 Å². The van der Waals surface area contributed by atoms with E-state index in [0.29, 0.717) is 24.0 Å². The molecule has 1 aromatic carbocycles. The number of hydrogen-bond donors (Lipinski definition) is 2. The Hall–Kier alpha value is -2.67. The summed E-state index contributed by atoms with van der Waals surface area (Å²) in [4.78, 5) is 23.0. The average molecular weight is 369 g/mol. The second-order valence-corrected chi connectivity index (χ2v) is 6.98. The summed E-state index contributed by atoms with van der Waals surface area (Å²) < 4.78 is 5.69. The smallest absolute Gasteiger partial charge is 0.257 e. The minimum absolute atomic E-state index is 0.0655. The van der Waals surface area contributed by atoms with E-state index in [9.17, 15) is 4.79 Å². The third-order valence-corrected chi connectivity index (χ3v) is 5.06. The number of rotatable bonds is 6. The highest BCUT2D eigenvalue weighted by Crippen LogP contribution is 2.32. The Morgan fingerprint density at radius 1 is 1.37 bits per heavy atom. The van der Waals surface area contributed by atoms with Crippen LogP contribution in [-0.4, -0.2) is 49.2 Å². The van der Waals surface area contributed by atoms with Gasteiger partial charge in [0.15, 0.2) is 24.0 Å². The molecular weight excluding hydrogens is 342 g/mol. The number of carbonyl (C=O) groups excluding carboxylic acids is 1. The summed E-state index contributed by atoms with van der Waals surface area (Å²) in [5, 5.41) is 2.55. The number of likely N-dealkylation sites (N-methyl/N-ethyl adjacent to an activating group) is 1. The monoisotopic (exact) mass is 369 g/mol. The lowest BCUT2D eigenvalue weighted by molar-refractivity contribution is -0.122. The molecule has 0 aliphatic carbocycles. The predicted molar refractivity (Wildman–Crippen MR) is 106 cm³/mol. The number of benzene rings is 1. The molecule has 1 aliphatic heterocycles. The molecule has 1 fully saturated rings. The third kappa shape index (κ3) is 4.36.